The van der Waals surface area contributed by atoms with E-state index in [1.54, 1.807) is 0 Å². The van der Waals surface area contributed by atoms with E-state index in [1.807, 2.05) is 30.3 Å². The molecule has 0 heterocycles. The Balaban J connectivity index is 1.70. The van der Waals surface area contributed by atoms with Crippen LogP contribution in [-0.4, -0.2) is 18.5 Å². The van der Waals surface area contributed by atoms with E-state index in [-0.39, 0.29) is 5.91 Å². The molecular weight excluding hydrogens is 236 g/mol. The van der Waals surface area contributed by atoms with E-state index in [0.29, 0.717) is 13.0 Å². The summed E-state index contributed by atoms with van der Waals surface area (Å²) in [6, 6.07) is 9.43. The summed E-state index contributed by atoms with van der Waals surface area (Å²) in [5, 5.41) is 2.92. The Labute approximate surface area is 114 Å². The molecule has 19 heavy (non-hydrogen) atoms. The number of hydrogen-bond acceptors (Lipinski definition) is 2. The van der Waals surface area contributed by atoms with Crippen molar-refractivity contribution >= 4 is 5.91 Å². The third-order valence-electron chi connectivity index (χ3n) is 3.52. The van der Waals surface area contributed by atoms with Crippen molar-refractivity contribution in [3.63, 3.8) is 0 Å². The molecule has 102 valence electrons. The van der Waals surface area contributed by atoms with E-state index in [4.69, 9.17) is 5.73 Å². The van der Waals surface area contributed by atoms with Crippen molar-refractivity contribution in [1.82, 2.24) is 5.32 Å². The van der Waals surface area contributed by atoms with Crippen LogP contribution in [-0.2, 0) is 11.2 Å². The fourth-order valence-electron chi connectivity index (χ4n) is 2.40. The Morgan fingerprint density at radius 1 is 1.32 bits per heavy atom. The van der Waals surface area contributed by atoms with E-state index in [1.165, 1.54) is 24.8 Å². The van der Waals surface area contributed by atoms with Gasteiger partial charge < -0.3 is 11.1 Å². The zero-order valence-corrected chi connectivity index (χ0v) is 11.3. The molecule has 0 unspecified atom stereocenters. The molecule has 1 aliphatic rings. The first-order chi connectivity index (χ1) is 9.25. The zero-order chi connectivity index (χ0) is 13.5. The van der Waals surface area contributed by atoms with Crippen LogP contribution in [0, 0.1) is 0 Å². The highest BCUT2D eigenvalue weighted by molar-refractivity contribution is 5.81. The number of carbonyl (C=O) groups excluding carboxylic acids is 1. The Hall–Kier alpha value is -1.61. The minimum atomic E-state index is -0.458. The van der Waals surface area contributed by atoms with Gasteiger partial charge >= 0.3 is 0 Å². The quantitative estimate of drug-likeness (QED) is 0.768. The van der Waals surface area contributed by atoms with Crippen LogP contribution in [0.1, 0.15) is 31.2 Å². The van der Waals surface area contributed by atoms with Crippen LogP contribution in [0.25, 0.3) is 0 Å². The van der Waals surface area contributed by atoms with Crippen molar-refractivity contribution in [3.05, 3.63) is 47.5 Å². The van der Waals surface area contributed by atoms with Gasteiger partial charge in [-0.15, -0.1) is 0 Å². The summed E-state index contributed by atoms with van der Waals surface area (Å²) >= 11 is 0. The van der Waals surface area contributed by atoms with Crippen LogP contribution >= 0.6 is 0 Å². The van der Waals surface area contributed by atoms with Gasteiger partial charge in [0.25, 0.3) is 0 Å². The highest BCUT2D eigenvalue weighted by Crippen LogP contribution is 2.19. The van der Waals surface area contributed by atoms with Crippen LogP contribution in [0.5, 0.6) is 0 Å². The Morgan fingerprint density at radius 3 is 2.79 bits per heavy atom. The fraction of sp³-hybridized carbons (Fsp3) is 0.438. The predicted octanol–water partition coefficient (Wildman–Crippen LogP) is 2.17. The summed E-state index contributed by atoms with van der Waals surface area (Å²) in [7, 11) is 0. The number of rotatable bonds is 6. The molecule has 0 aromatic heterocycles. The smallest absolute Gasteiger partial charge is 0.237 e. The maximum Gasteiger partial charge on any atom is 0.237 e. The van der Waals surface area contributed by atoms with Crippen molar-refractivity contribution in [2.24, 2.45) is 5.73 Å². The number of amides is 1. The van der Waals surface area contributed by atoms with Gasteiger partial charge in [0.15, 0.2) is 0 Å². The summed E-state index contributed by atoms with van der Waals surface area (Å²) in [5.41, 5.74) is 8.49. The second kappa shape index (κ2) is 7.10. The van der Waals surface area contributed by atoms with Crippen molar-refractivity contribution in [2.45, 2.75) is 38.1 Å². The van der Waals surface area contributed by atoms with Crippen molar-refractivity contribution < 1.29 is 4.79 Å². The van der Waals surface area contributed by atoms with E-state index in [9.17, 15) is 4.79 Å². The molecule has 1 aromatic carbocycles. The van der Waals surface area contributed by atoms with Crippen molar-refractivity contribution in [3.8, 4) is 0 Å². The first kappa shape index (κ1) is 13.8. The fourth-order valence-corrected chi connectivity index (χ4v) is 2.40. The number of allylic oxidation sites excluding steroid dienone is 1. The minimum absolute atomic E-state index is 0.0533. The number of nitrogens with one attached hydrogen (secondary N) is 1. The zero-order valence-electron chi connectivity index (χ0n) is 11.3. The molecule has 1 atom stereocenters. The van der Waals surface area contributed by atoms with E-state index in [2.05, 4.69) is 11.4 Å². The Morgan fingerprint density at radius 2 is 2.11 bits per heavy atom. The number of hydrogen-bond donors (Lipinski definition) is 2. The van der Waals surface area contributed by atoms with Gasteiger partial charge in [-0.3, -0.25) is 4.79 Å². The van der Waals surface area contributed by atoms with Gasteiger partial charge in [-0.1, -0.05) is 42.0 Å². The van der Waals surface area contributed by atoms with Crippen LogP contribution in [0.3, 0.4) is 0 Å². The second-order valence-electron chi connectivity index (χ2n) is 5.09. The lowest BCUT2D eigenvalue weighted by molar-refractivity contribution is -0.122. The predicted molar refractivity (Wildman–Crippen MR) is 77.7 cm³/mol. The van der Waals surface area contributed by atoms with Gasteiger partial charge in [-0.05, 0) is 37.7 Å². The molecule has 0 radical (unpaired) electrons. The monoisotopic (exact) mass is 258 g/mol. The Bertz CT molecular complexity index is 439. The van der Waals surface area contributed by atoms with Gasteiger partial charge in [-0.2, -0.15) is 0 Å². The summed E-state index contributed by atoms with van der Waals surface area (Å²) in [4.78, 5) is 11.9. The largest absolute Gasteiger partial charge is 0.354 e. The molecular formula is C16H22N2O. The SMILES string of the molecule is N[C@@H](Cc1ccccc1)C(=O)NCCC1=CCCC1. The standard InChI is InChI=1S/C16H22N2O/c17-15(12-14-8-2-1-3-9-14)16(19)18-11-10-13-6-4-5-7-13/h1-3,6,8-9,15H,4-5,7,10-12,17H2,(H,18,19)/t15-/m0/s1. The summed E-state index contributed by atoms with van der Waals surface area (Å²) in [6.45, 7) is 0.702. The molecule has 3 heteroatoms. The topological polar surface area (TPSA) is 55.1 Å². The van der Waals surface area contributed by atoms with Gasteiger partial charge in [0.1, 0.15) is 0 Å². The first-order valence-corrected chi connectivity index (χ1v) is 7.01. The van der Waals surface area contributed by atoms with Gasteiger partial charge in [0.05, 0.1) is 6.04 Å². The minimum Gasteiger partial charge on any atom is -0.354 e. The molecule has 3 nitrogen and oxygen atoms in total. The highest BCUT2D eigenvalue weighted by atomic mass is 16.2. The van der Waals surface area contributed by atoms with Gasteiger partial charge in [0, 0.05) is 6.54 Å². The molecule has 1 aliphatic carbocycles. The van der Waals surface area contributed by atoms with Crippen LogP contribution in [0.2, 0.25) is 0 Å². The maximum atomic E-state index is 11.9. The molecule has 0 fully saturated rings. The summed E-state index contributed by atoms with van der Waals surface area (Å²) < 4.78 is 0. The van der Waals surface area contributed by atoms with Gasteiger partial charge in [0.2, 0.25) is 5.91 Å². The van der Waals surface area contributed by atoms with E-state index >= 15 is 0 Å². The molecule has 2 rings (SSSR count). The molecule has 1 aromatic rings. The van der Waals surface area contributed by atoms with Crippen LogP contribution in [0.15, 0.2) is 42.0 Å². The second-order valence-corrected chi connectivity index (χ2v) is 5.09. The highest BCUT2D eigenvalue weighted by Gasteiger charge is 2.13. The maximum absolute atomic E-state index is 11.9. The van der Waals surface area contributed by atoms with Crippen molar-refractivity contribution in [1.29, 1.82) is 0 Å². The normalized spacial score (nSPS) is 15.9. The number of carbonyl (C=O) groups is 1. The molecule has 0 bridgehead atoms. The van der Waals surface area contributed by atoms with Crippen molar-refractivity contribution in [2.75, 3.05) is 6.54 Å². The molecule has 1 amide bonds. The first-order valence-electron chi connectivity index (χ1n) is 7.01. The average molecular weight is 258 g/mol. The Kier molecular flexibility index (Phi) is 5.16. The lowest BCUT2D eigenvalue weighted by atomic mass is 10.1. The molecule has 0 aliphatic heterocycles. The molecule has 3 N–H and O–H groups in total. The summed E-state index contributed by atoms with van der Waals surface area (Å²) in [6.07, 6.45) is 7.48. The lowest BCUT2D eigenvalue weighted by Gasteiger charge is -2.12. The van der Waals surface area contributed by atoms with Gasteiger partial charge in [-0.25, -0.2) is 0 Å². The molecule has 0 saturated heterocycles. The van der Waals surface area contributed by atoms with E-state index in [0.717, 1.165) is 12.0 Å². The molecule has 0 spiro atoms. The van der Waals surface area contributed by atoms with Crippen LogP contribution in [0.4, 0.5) is 0 Å². The summed E-state index contributed by atoms with van der Waals surface area (Å²) in [5.74, 6) is -0.0533. The third kappa shape index (κ3) is 4.52. The van der Waals surface area contributed by atoms with E-state index < -0.39 is 6.04 Å². The average Bonchev–Trinajstić information content (AvgIpc) is 2.93. The third-order valence-corrected chi connectivity index (χ3v) is 3.52. The lowest BCUT2D eigenvalue weighted by Crippen LogP contribution is -2.42. The number of benzene rings is 1. The van der Waals surface area contributed by atoms with Crippen LogP contribution < -0.4 is 11.1 Å². The number of nitrogens with two attached hydrogens (primary N) is 1. The molecule has 0 saturated carbocycles.